The molecule has 2 aromatic rings. The van der Waals surface area contributed by atoms with Crippen molar-refractivity contribution in [1.82, 2.24) is 5.32 Å². The van der Waals surface area contributed by atoms with Crippen LogP contribution in [0.4, 0.5) is 38.3 Å². The Morgan fingerprint density at radius 2 is 1.70 bits per heavy atom. The van der Waals surface area contributed by atoms with Crippen molar-refractivity contribution in [2.24, 2.45) is 0 Å². The smallest absolute Gasteiger partial charge is 0.419 e. The number of nitrogens with zero attached hydrogens (tertiary/aromatic N) is 2. The molecule has 1 atom stereocenters. The van der Waals surface area contributed by atoms with E-state index in [-0.39, 0.29) is 17.8 Å². The van der Waals surface area contributed by atoms with E-state index in [9.17, 15) is 42.7 Å². The van der Waals surface area contributed by atoms with Gasteiger partial charge in [0, 0.05) is 5.56 Å². The zero-order chi connectivity index (χ0) is 25.4. The molecule has 0 aromatic heterocycles. The largest absolute Gasteiger partial charge is 0.491 e. The van der Waals surface area contributed by atoms with Crippen LogP contribution < -0.4 is 10.1 Å². The van der Waals surface area contributed by atoms with Gasteiger partial charge in [0.05, 0.1) is 18.2 Å². The molecule has 0 aliphatic carbocycles. The number of rotatable bonds is 6. The predicted octanol–water partition coefficient (Wildman–Crippen LogP) is 7.00. The second-order valence-corrected chi connectivity index (χ2v) is 9.38. The minimum Gasteiger partial charge on any atom is -0.491 e. The Kier molecular flexibility index (Phi) is 5.86. The van der Waals surface area contributed by atoms with Crippen LogP contribution in [0.25, 0.3) is 4.85 Å². The Hall–Kier alpha value is -3.52. The topological polar surface area (TPSA) is 66.5 Å². The fourth-order valence-corrected chi connectivity index (χ4v) is 3.09. The molecule has 2 rings (SSSR count). The number of amides is 1. The summed E-state index contributed by atoms with van der Waals surface area (Å²) in [7, 11) is -9.95. The van der Waals surface area contributed by atoms with Crippen LogP contribution in [-0.4, -0.2) is 18.1 Å². The quantitative estimate of drug-likeness (QED) is 0.344. The second kappa shape index (κ2) is 7.52. The highest BCUT2D eigenvalue weighted by Gasteiger charge is 2.65. The molecule has 0 radical (unpaired) electrons. The van der Waals surface area contributed by atoms with Crippen LogP contribution >= 0.6 is 10.2 Å². The van der Waals surface area contributed by atoms with Crippen LogP contribution in [0.3, 0.4) is 0 Å². The Balaban J connectivity index is 2.24. The van der Waals surface area contributed by atoms with Gasteiger partial charge in [-0.1, -0.05) is 31.6 Å². The van der Waals surface area contributed by atoms with E-state index in [1.165, 1.54) is 0 Å². The minimum atomic E-state index is -9.95. The summed E-state index contributed by atoms with van der Waals surface area (Å²) in [6.07, 6.45) is -4.85. The van der Waals surface area contributed by atoms with Gasteiger partial charge in [0.25, 0.3) is 5.91 Å². The van der Waals surface area contributed by atoms with Gasteiger partial charge >= 0.3 is 16.4 Å². The van der Waals surface area contributed by atoms with E-state index in [1.807, 2.05) is 0 Å². The molecule has 0 aliphatic heterocycles. The Morgan fingerprint density at radius 1 is 1.12 bits per heavy atom. The minimum absolute atomic E-state index is 0.00213. The molecular weight excluding hydrogens is 486 g/mol. The summed E-state index contributed by atoms with van der Waals surface area (Å²) in [6.45, 7) is 7.10. The number of carbonyl (C=O) groups is 1. The van der Waals surface area contributed by atoms with Crippen molar-refractivity contribution < 1.29 is 42.1 Å². The summed E-state index contributed by atoms with van der Waals surface area (Å²) in [4.78, 5) is 13.0. The molecule has 0 fully saturated rings. The Morgan fingerprint density at radius 3 is 2.15 bits per heavy atom. The van der Waals surface area contributed by atoms with Crippen molar-refractivity contribution in [2.45, 2.75) is 23.5 Å². The average Bonchev–Trinajstić information content (AvgIpc) is 2.69. The lowest BCUT2D eigenvalue weighted by molar-refractivity contribution is -0.139. The maximum Gasteiger partial charge on any atom is 0.419 e. The number of hydrogen-bond acceptors (Lipinski definition) is 3. The van der Waals surface area contributed by atoms with Gasteiger partial charge in [0.2, 0.25) is 0 Å². The first-order chi connectivity index (χ1) is 14.8. The number of carbonyl (C=O) groups excluding carboxylic acids is 1. The molecule has 14 heteroatoms. The van der Waals surface area contributed by atoms with Crippen LogP contribution in [0.5, 0.6) is 5.75 Å². The molecule has 5 nitrogen and oxygen atoms in total. The van der Waals surface area contributed by atoms with E-state index in [4.69, 9.17) is 11.3 Å². The number of benzene rings is 2. The number of alkyl halides is 3. The van der Waals surface area contributed by atoms with Crippen LogP contribution in [-0.2, 0) is 6.18 Å². The first-order valence-electron chi connectivity index (χ1n) is 8.57. The second-order valence-electron chi connectivity index (χ2n) is 6.97. The van der Waals surface area contributed by atoms with E-state index in [0.29, 0.717) is 18.2 Å². The van der Waals surface area contributed by atoms with Gasteiger partial charge in [-0.25, -0.2) is 4.85 Å². The third-order valence-electron chi connectivity index (χ3n) is 4.11. The number of halogens is 8. The molecule has 1 amide bonds. The highest BCUT2D eigenvalue weighted by Crippen LogP contribution is 3.02. The van der Waals surface area contributed by atoms with E-state index in [0.717, 1.165) is 19.1 Å². The van der Waals surface area contributed by atoms with Crippen molar-refractivity contribution in [3.05, 3.63) is 65.0 Å². The van der Waals surface area contributed by atoms with E-state index in [2.05, 4.69) is 10.2 Å². The van der Waals surface area contributed by atoms with E-state index >= 15 is 0 Å². The fourth-order valence-electron chi connectivity index (χ4n) is 2.44. The molecule has 0 heterocycles. The third kappa shape index (κ3) is 6.49. The van der Waals surface area contributed by atoms with Crippen LogP contribution in [0.1, 0.15) is 22.8 Å². The molecule has 0 saturated carbocycles. The summed E-state index contributed by atoms with van der Waals surface area (Å²) >= 11 is 0. The normalized spacial score (nSPS) is 15.7. The molecule has 0 unspecified atom stereocenters. The van der Waals surface area contributed by atoms with E-state index < -0.39 is 56.2 Å². The zero-order valence-corrected chi connectivity index (χ0v) is 17.2. The maximum atomic E-state index is 13.2. The molecule has 2 aromatic carbocycles. The monoisotopic (exact) mass is 499 g/mol. The summed E-state index contributed by atoms with van der Waals surface area (Å²) < 4.78 is 108. The van der Waals surface area contributed by atoms with Crippen molar-refractivity contribution in [3.63, 3.8) is 0 Å². The molecule has 1 N–H and O–H groups in total. The van der Waals surface area contributed by atoms with Crippen molar-refractivity contribution in [2.75, 3.05) is 6.61 Å². The first kappa shape index (κ1) is 25.7. The summed E-state index contributed by atoms with van der Waals surface area (Å²) in [5.41, 5.74) is -3.93. The lowest BCUT2D eigenvalue weighted by Gasteiger charge is -2.40. The summed E-state index contributed by atoms with van der Waals surface area (Å²) in [5.74, 6) is -1.95. The maximum absolute atomic E-state index is 13.2. The highest BCUT2D eigenvalue weighted by atomic mass is 32.5. The molecule has 33 heavy (non-hydrogen) atoms. The molecule has 0 saturated heterocycles. The van der Waals surface area contributed by atoms with Crippen LogP contribution in [0, 0.1) is 17.9 Å². The fraction of sp³-hybridized carbons (Fsp3) is 0.211. The first-order valence-corrected chi connectivity index (χ1v) is 10.5. The van der Waals surface area contributed by atoms with Gasteiger partial charge in [0.15, 0.2) is 11.2 Å². The summed E-state index contributed by atoms with van der Waals surface area (Å²) in [6, 6.07) is 4.81. The van der Waals surface area contributed by atoms with Gasteiger partial charge in [-0.3, -0.25) is 4.79 Å². The van der Waals surface area contributed by atoms with Gasteiger partial charge in [-0.2, -0.15) is 18.4 Å². The Labute approximate surface area is 182 Å². The number of ether oxygens (including phenoxy) is 1. The molecule has 0 aliphatic rings. The lowest BCUT2D eigenvalue weighted by atomic mass is 10.0. The molecular formula is C19H13F8N3O2S. The molecule has 0 bridgehead atoms. The van der Waals surface area contributed by atoms with Crippen molar-refractivity contribution in [3.8, 4) is 11.8 Å². The Bertz CT molecular complexity index is 1170. The standard InChI is InChI=1S/C19H13F8N3O2S/c1-18(10-28,11-32-16-9-13(29-2)5-8-15(16)19(20,21)22)30-17(31)12-3-6-14(7-4-12)33(23,24,25,26)27/h3-9H,11H2,1H3,(H,30,31)/t18-/m0/s1. The number of nitrogens with one attached hydrogen (secondary N) is 1. The van der Waals surface area contributed by atoms with Gasteiger partial charge in [-0.15, -0.1) is 0 Å². The zero-order valence-electron chi connectivity index (χ0n) is 16.4. The highest BCUT2D eigenvalue weighted by molar-refractivity contribution is 8.45. The number of hydrogen-bond donors (Lipinski definition) is 1. The van der Waals surface area contributed by atoms with Crippen LogP contribution in [0.2, 0.25) is 0 Å². The van der Waals surface area contributed by atoms with E-state index in [1.54, 1.807) is 6.07 Å². The van der Waals surface area contributed by atoms with Gasteiger partial charge < -0.3 is 10.1 Å². The number of nitriles is 1. The SMILES string of the molecule is [C-]#[N+]c1ccc(C(F)(F)F)c(OC[C@](C)(C#N)NC(=O)c2ccc(S(F)(F)(F)(F)F)cc2)c1. The van der Waals surface area contributed by atoms with Gasteiger partial charge in [-0.05, 0) is 37.3 Å². The van der Waals surface area contributed by atoms with Gasteiger partial charge in [0.1, 0.15) is 17.3 Å². The third-order valence-corrected chi connectivity index (χ3v) is 5.28. The summed E-state index contributed by atoms with van der Waals surface area (Å²) in [5, 5.41) is 11.4. The average molecular weight is 499 g/mol. The van der Waals surface area contributed by atoms with Crippen molar-refractivity contribution >= 4 is 21.8 Å². The lowest BCUT2D eigenvalue weighted by Crippen LogP contribution is -2.49. The molecule has 0 spiro atoms. The van der Waals surface area contributed by atoms with Crippen LogP contribution in [0.15, 0.2) is 47.4 Å². The van der Waals surface area contributed by atoms with Crippen molar-refractivity contribution in [1.29, 1.82) is 5.26 Å². The molecule has 178 valence electrons. The predicted molar refractivity (Wildman–Crippen MR) is 103 cm³/mol.